The van der Waals surface area contributed by atoms with Gasteiger partial charge in [-0.2, -0.15) is 5.10 Å². The van der Waals surface area contributed by atoms with Gasteiger partial charge in [0.15, 0.2) is 5.69 Å². The Labute approximate surface area is 206 Å². The molecule has 0 spiro atoms. The molecule has 1 aliphatic heterocycles. The van der Waals surface area contributed by atoms with Crippen molar-refractivity contribution in [2.45, 2.75) is 77.0 Å². The molecule has 1 fully saturated rings. The molecule has 1 atom stereocenters. The molecule has 9 heteroatoms. The average Bonchev–Trinajstić information content (AvgIpc) is 3.52. The lowest BCUT2D eigenvalue weighted by molar-refractivity contribution is -0.133. The summed E-state index contributed by atoms with van der Waals surface area (Å²) in [5.41, 5.74) is 0.313. The predicted octanol–water partition coefficient (Wildman–Crippen LogP) is 2.90. The van der Waals surface area contributed by atoms with E-state index in [0.717, 1.165) is 44.1 Å². The first-order chi connectivity index (χ1) is 16.9. The molecule has 2 heterocycles. The van der Waals surface area contributed by atoms with Gasteiger partial charge in [0, 0.05) is 25.2 Å². The number of aromatic nitrogens is 2. The van der Waals surface area contributed by atoms with Crippen LogP contribution < -0.4 is 15.4 Å². The first-order valence-electron chi connectivity index (χ1n) is 12.5. The summed E-state index contributed by atoms with van der Waals surface area (Å²) < 4.78 is 6.74. The summed E-state index contributed by atoms with van der Waals surface area (Å²) in [4.78, 5) is 41.4. The van der Waals surface area contributed by atoms with Crippen LogP contribution in [0.4, 0.5) is 0 Å². The number of nitrogens with zero attached hydrogens (tertiary/aromatic N) is 3. The highest BCUT2D eigenvalue weighted by molar-refractivity contribution is 6.01. The van der Waals surface area contributed by atoms with E-state index in [4.69, 9.17) is 4.74 Å². The van der Waals surface area contributed by atoms with Gasteiger partial charge in [0.2, 0.25) is 5.91 Å². The Kier molecular flexibility index (Phi) is 7.42. The Hall–Kier alpha value is -3.36. The van der Waals surface area contributed by atoms with Crippen LogP contribution in [-0.4, -0.2) is 57.6 Å². The SMILES string of the molecule is CCCCN1C(=O)c2cc(C(=O)NCc3cccc(OC)c3)nn2C[C@@]1(C)C(=O)NC1CCCC1. The quantitative estimate of drug-likeness (QED) is 0.573. The highest BCUT2D eigenvalue weighted by Crippen LogP contribution is 2.29. The van der Waals surface area contributed by atoms with Crippen LogP contribution in [-0.2, 0) is 17.9 Å². The molecule has 4 rings (SSSR count). The maximum atomic E-state index is 13.5. The minimum absolute atomic E-state index is 0.152. The maximum absolute atomic E-state index is 13.5. The number of nitrogens with one attached hydrogen (secondary N) is 2. The third-order valence-electron chi connectivity index (χ3n) is 7.03. The first kappa shape index (κ1) is 24.8. The minimum atomic E-state index is -1.07. The fraction of sp³-hybridized carbons (Fsp3) is 0.538. The summed E-state index contributed by atoms with van der Waals surface area (Å²) in [5, 5.41) is 10.4. The molecule has 188 valence electrons. The monoisotopic (exact) mass is 481 g/mol. The number of fused-ring (bicyclic) bond motifs is 1. The van der Waals surface area contributed by atoms with Crippen molar-refractivity contribution in [2.24, 2.45) is 0 Å². The van der Waals surface area contributed by atoms with E-state index in [0.29, 0.717) is 24.5 Å². The Morgan fingerprint density at radius 1 is 1.23 bits per heavy atom. The lowest BCUT2D eigenvalue weighted by atomic mass is 9.94. The second-order valence-corrected chi connectivity index (χ2v) is 9.65. The second kappa shape index (κ2) is 10.5. The molecule has 1 aliphatic carbocycles. The van der Waals surface area contributed by atoms with Gasteiger partial charge in [-0.05, 0) is 43.9 Å². The number of hydrogen-bond donors (Lipinski definition) is 2. The van der Waals surface area contributed by atoms with Crippen molar-refractivity contribution in [3.8, 4) is 5.75 Å². The van der Waals surface area contributed by atoms with E-state index < -0.39 is 5.54 Å². The fourth-order valence-corrected chi connectivity index (χ4v) is 4.89. The molecule has 2 N–H and O–H groups in total. The number of unbranched alkanes of at least 4 members (excludes halogenated alkanes) is 1. The zero-order valence-corrected chi connectivity index (χ0v) is 20.8. The second-order valence-electron chi connectivity index (χ2n) is 9.65. The number of ether oxygens (including phenoxy) is 1. The number of rotatable bonds is 9. The van der Waals surface area contributed by atoms with E-state index in [-0.39, 0.29) is 36.0 Å². The van der Waals surface area contributed by atoms with Crippen LogP contribution in [0.2, 0.25) is 0 Å². The van der Waals surface area contributed by atoms with Crippen LogP contribution in [0.3, 0.4) is 0 Å². The zero-order valence-electron chi connectivity index (χ0n) is 20.8. The van der Waals surface area contributed by atoms with Gasteiger partial charge >= 0.3 is 0 Å². The van der Waals surface area contributed by atoms with E-state index in [1.165, 1.54) is 10.7 Å². The Morgan fingerprint density at radius 2 is 2.00 bits per heavy atom. The normalized spacial score (nSPS) is 20.0. The molecular formula is C26H35N5O4. The maximum Gasteiger partial charge on any atom is 0.273 e. The van der Waals surface area contributed by atoms with Crippen molar-refractivity contribution in [2.75, 3.05) is 13.7 Å². The molecule has 2 aliphatic rings. The summed E-state index contributed by atoms with van der Waals surface area (Å²) in [6.07, 6.45) is 5.85. The standard InChI is InChI=1S/C26H35N5O4/c1-4-5-13-30-24(33)22-15-21(23(32)27-16-18-9-8-12-20(14-18)35-3)29-31(22)17-26(30,2)25(34)28-19-10-6-7-11-19/h8-9,12,14-15,19H,4-7,10-11,13,16-17H2,1-3H3,(H,27,32)(H,28,34)/t26-/m0/s1. The van der Waals surface area contributed by atoms with Crippen molar-refractivity contribution in [1.29, 1.82) is 0 Å². The summed E-state index contributed by atoms with van der Waals surface area (Å²) in [6.45, 7) is 4.85. The first-order valence-corrected chi connectivity index (χ1v) is 12.5. The van der Waals surface area contributed by atoms with Crippen LogP contribution in [0, 0.1) is 0 Å². The summed E-state index contributed by atoms with van der Waals surface area (Å²) in [6, 6.07) is 9.11. The van der Waals surface area contributed by atoms with E-state index in [9.17, 15) is 14.4 Å². The molecule has 0 unspecified atom stereocenters. The largest absolute Gasteiger partial charge is 0.497 e. The van der Waals surface area contributed by atoms with Gasteiger partial charge < -0.3 is 20.3 Å². The third-order valence-corrected chi connectivity index (χ3v) is 7.03. The molecule has 3 amide bonds. The van der Waals surface area contributed by atoms with Crippen molar-refractivity contribution in [1.82, 2.24) is 25.3 Å². The highest BCUT2D eigenvalue weighted by atomic mass is 16.5. The number of carbonyl (C=O) groups is 3. The number of amides is 3. The molecule has 9 nitrogen and oxygen atoms in total. The molecule has 0 bridgehead atoms. The molecule has 2 aromatic rings. The molecule has 0 saturated heterocycles. The summed E-state index contributed by atoms with van der Waals surface area (Å²) >= 11 is 0. The van der Waals surface area contributed by atoms with Crippen molar-refractivity contribution >= 4 is 17.7 Å². The van der Waals surface area contributed by atoms with Gasteiger partial charge in [-0.15, -0.1) is 0 Å². The summed E-state index contributed by atoms with van der Waals surface area (Å²) in [7, 11) is 1.59. The smallest absolute Gasteiger partial charge is 0.273 e. The van der Waals surface area contributed by atoms with E-state index >= 15 is 0 Å². The number of carbonyl (C=O) groups excluding carboxylic acids is 3. The van der Waals surface area contributed by atoms with Gasteiger partial charge in [0.1, 0.15) is 17.0 Å². The highest BCUT2D eigenvalue weighted by Gasteiger charge is 2.48. The minimum Gasteiger partial charge on any atom is -0.497 e. The van der Waals surface area contributed by atoms with Crippen molar-refractivity contribution in [3.05, 3.63) is 47.3 Å². The number of methoxy groups -OCH3 is 1. The topological polar surface area (TPSA) is 106 Å². The van der Waals surface area contributed by atoms with Gasteiger partial charge in [-0.3, -0.25) is 19.1 Å². The molecule has 1 aromatic carbocycles. The van der Waals surface area contributed by atoms with E-state index in [2.05, 4.69) is 22.7 Å². The van der Waals surface area contributed by atoms with Crippen LogP contribution >= 0.6 is 0 Å². The van der Waals surface area contributed by atoms with Crippen molar-refractivity contribution < 1.29 is 19.1 Å². The van der Waals surface area contributed by atoms with Gasteiger partial charge in [0.25, 0.3) is 11.8 Å². The lowest BCUT2D eigenvalue weighted by Gasteiger charge is -2.43. The van der Waals surface area contributed by atoms with Crippen LogP contribution in [0.15, 0.2) is 30.3 Å². The molecule has 1 aromatic heterocycles. The van der Waals surface area contributed by atoms with E-state index in [1.54, 1.807) is 18.9 Å². The van der Waals surface area contributed by atoms with Gasteiger partial charge in [0.05, 0.1) is 13.7 Å². The Bertz CT molecular complexity index is 1090. The number of hydrogen-bond acceptors (Lipinski definition) is 5. The average molecular weight is 482 g/mol. The lowest BCUT2D eigenvalue weighted by Crippen LogP contribution is -2.65. The van der Waals surface area contributed by atoms with Gasteiger partial charge in [-0.25, -0.2) is 0 Å². The van der Waals surface area contributed by atoms with Crippen LogP contribution in [0.1, 0.15) is 78.9 Å². The summed E-state index contributed by atoms with van der Waals surface area (Å²) in [5.74, 6) is -0.0889. The molecule has 0 radical (unpaired) electrons. The number of benzene rings is 1. The fourth-order valence-electron chi connectivity index (χ4n) is 4.89. The van der Waals surface area contributed by atoms with Crippen LogP contribution in [0.5, 0.6) is 5.75 Å². The zero-order chi connectivity index (χ0) is 25.0. The van der Waals surface area contributed by atoms with Crippen LogP contribution in [0.25, 0.3) is 0 Å². The molecule has 1 saturated carbocycles. The van der Waals surface area contributed by atoms with Crippen molar-refractivity contribution in [3.63, 3.8) is 0 Å². The van der Waals surface area contributed by atoms with Gasteiger partial charge in [-0.1, -0.05) is 38.3 Å². The third kappa shape index (κ3) is 5.18. The Morgan fingerprint density at radius 3 is 2.71 bits per heavy atom. The Balaban J connectivity index is 1.53. The predicted molar refractivity (Wildman–Crippen MR) is 131 cm³/mol. The molecular weight excluding hydrogens is 446 g/mol. The van der Waals surface area contributed by atoms with E-state index in [1.807, 2.05) is 24.3 Å². The molecule has 35 heavy (non-hydrogen) atoms.